The van der Waals surface area contributed by atoms with E-state index in [1.54, 1.807) is 0 Å². The number of anilines is 2. The zero-order valence-electron chi connectivity index (χ0n) is 11.7. The summed E-state index contributed by atoms with van der Waals surface area (Å²) in [5.41, 5.74) is 8.51. The molecule has 5 heteroatoms. The molecule has 0 heterocycles. The average molecular weight is 304 g/mol. The van der Waals surface area contributed by atoms with E-state index in [0.717, 1.165) is 5.75 Å². The maximum atomic E-state index is 13.5. The normalized spacial score (nSPS) is 10.4. The maximum absolute atomic E-state index is 13.5. The number of nitrogens with two attached hydrogens (primary N) is 1. The molecule has 0 aromatic heterocycles. The number of rotatable bonds is 5. The largest absolute Gasteiger partial charge is 0.399 e. The average Bonchev–Trinajstić information content (AvgIpc) is 2.45. The van der Waals surface area contributed by atoms with Crippen LogP contribution in [0, 0.1) is 12.7 Å². The van der Waals surface area contributed by atoms with Crippen LogP contribution in [0.25, 0.3) is 0 Å². The van der Waals surface area contributed by atoms with Crippen LogP contribution in [-0.2, 0) is 10.5 Å². The summed E-state index contributed by atoms with van der Waals surface area (Å²) in [4.78, 5) is 11.8. The molecule has 3 nitrogen and oxygen atoms in total. The highest BCUT2D eigenvalue weighted by atomic mass is 32.2. The Bertz CT molecular complexity index is 646. The molecule has 0 spiro atoms. The van der Waals surface area contributed by atoms with Gasteiger partial charge in [0.05, 0.1) is 11.4 Å². The van der Waals surface area contributed by atoms with Crippen LogP contribution in [0.15, 0.2) is 42.5 Å². The van der Waals surface area contributed by atoms with Crippen LogP contribution in [0.2, 0.25) is 0 Å². The van der Waals surface area contributed by atoms with E-state index in [2.05, 4.69) is 5.32 Å². The molecular formula is C16H17FN2OS. The Labute approximate surface area is 127 Å². The van der Waals surface area contributed by atoms with Crippen molar-refractivity contribution in [2.24, 2.45) is 0 Å². The molecule has 0 unspecified atom stereocenters. The van der Waals surface area contributed by atoms with E-state index in [-0.39, 0.29) is 17.3 Å². The standard InChI is InChI=1S/C16H17FN2OS/c1-11-4-2-3-5-12(11)9-21-10-16(20)19-15-8-13(18)6-7-14(15)17/h2-8H,9-10,18H2,1H3,(H,19,20). The van der Waals surface area contributed by atoms with Gasteiger partial charge in [0, 0.05) is 11.4 Å². The van der Waals surface area contributed by atoms with Gasteiger partial charge in [-0.05, 0) is 36.2 Å². The molecule has 3 N–H and O–H groups in total. The van der Waals surface area contributed by atoms with E-state index in [1.807, 2.05) is 31.2 Å². The third-order valence-electron chi connectivity index (χ3n) is 3.02. The van der Waals surface area contributed by atoms with E-state index in [1.165, 1.54) is 41.1 Å². The smallest absolute Gasteiger partial charge is 0.234 e. The van der Waals surface area contributed by atoms with Gasteiger partial charge in [0.25, 0.3) is 0 Å². The lowest BCUT2D eigenvalue weighted by atomic mass is 10.1. The highest BCUT2D eigenvalue weighted by Crippen LogP contribution is 2.19. The first-order valence-corrected chi connectivity index (χ1v) is 7.69. The molecule has 0 aliphatic heterocycles. The molecule has 0 fully saturated rings. The number of nitrogen functional groups attached to an aromatic ring is 1. The van der Waals surface area contributed by atoms with Crippen molar-refractivity contribution in [3.8, 4) is 0 Å². The number of hydrogen-bond acceptors (Lipinski definition) is 3. The van der Waals surface area contributed by atoms with E-state index < -0.39 is 5.82 Å². The molecule has 0 atom stereocenters. The summed E-state index contributed by atoms with van der Waals surface area (Å²) in [6.07, 6.45) is 0. The third kappa shape index (κ3) is 4.49. The number of aryl methyl sites for hydroxylation is 1. The first kappa shape index (κ1) is 15.4. The molecule has 21 heavy (non-hydrogen) atoms. The lowest BCUT2D eigenvalue weighted by Crippen LogP contribution is -2.15. The summed E-state index contributed by atoms with van der Waals surface area (Å²) in [6.45, 7) is 2.04. The Hall–Kier alpha value is -2.01. The number of carbonyl (C=O) groups excluding carboxylic acids is 1. The van der Waals surface area contributed by atoms with E-state index in [9.17, 15) is 9.18 Å². The first-order chi connectivity index (χ1) is 10.1. The van der Waals surface area contributed by atoms with Crippen LogP contribution in [0.1, 0.15) is 11.1 Å². The summed E-state index contributed by atoms with van der Waals surface area (Å²) >= 11 is 1.49. The Morgan fingerprint density at radius 3 is 2.81 bits per heavy atom. The highest BCUT2D eigenvalue weighted by molar-refractivity contribution is 7.99. The number of nitrogens with one attached hydrogen (secondary N) is 1. The van der Waals surface area contributed by atoms with Gasteiger partial charge in [0.2, 0.25) is 5.91 Å². The number of thioether (sulfide) groups is 1. The van der Waals surface area contributed by atoms with Gasteiger partial charge in [-0.15, -0.1) is 11.8 Å². The summed E-state index contributed by atoms with van der Waals surface area (Å²) in [6, 6.07) is 12.2. The fourth-order valence-corrected chi connectivity index (χ4v) is 2.75. The number of benzene rings is 2. The Kier molecular flexibility index (Phi) is 5.22. The van der Waals surface area contributed by atoms with Crippen LogP contribution in [0.4, 0.5) is 15.8 Å². The monoisotopic (exact) mass is 304 g/mol. The van der Waals surface area contributed by atoms with Gasteiger partial charge < -0.3 is 11.1 Å². The third-order valence-corrected chi connectivity index (χ3v) is 4.00. The van der Waals surface area contributed by atoms with Crippen LogP contribution < -0.4 is 11.1 Å². The fourth-order valence-electron chi connectivity index (χ4n) is 1.85. The molecule has 2 rings (SSSR count). The molecule has 1 amide bonds. The van der Waals surface area contributed by atoms with E-state index in [0.29, 0.717) is 5.69 Å². The molecule has 110 valence electrons. The lowest BCUT2D eigenvalue weighted by molar-refractivity contribution is -0.113. The molecule has 2 aromatic rings. The second-order valence-electron chi connectivity index (χ2n) is 4.71. The van der Waals surface area contributed by atoms with Crippen LogP contribution in [-0.4, -0.2) is 11.7 Å². The van der Waals surface area contributed by atoms with Crippen molar-refractivity contribution in [1.82, 2.24) is 0 Å². The maximum Gasteiger partial charge on any atom is 0.234 e. The lowest BCUT2D eigenvalue weighted by Gasteiger charge is -2.08. The zero-order chi connectivity index (χ0) is 15.2. The van der Waals surface area contributed by atoms with E-state index >= 15 is 0 Å². The van der Waals surface area contributed by atoms with Crippen LogP contribution >= 0.6 is 11.8 Å². The zero-order valence-corrected chi connectivity index (χ0v) is 12.5. The quantitative estimate of drug-likeness (QED) is 0.830. The number of halogens is 1. The van der Waals surface area contributed by atoms with Crippen molar-refractivity contribution >= 4 is 29.0 Å². The molecule has 0 bridgehead atoms. The molecule has 0 aliphatic carbocycles. The van der Waals surface area contributed by atoms with Gasteiger partial charge in [-0.2, -0.15) is 0 Å². The Morgan fingerprint density at radius 1 is 1.29 bits per heavy atom. The molecule has 0 radical (unpaired) electrons. The second kappa shape index (κ2) is 7.13. The SMILES string of the molecule is Cc1ccccc1CSCC(=O)Nc1cc(N)ccc1F. The van der Waals surface area contributed by atoms with Gasteiger partial charge in [-0.1, -0.05) is 24.3 Å². The minimum atomic E-state index is -0.485. The van der Waals surface area contributed by atoms with Crippen molar-refractivity contribution in [1.29, 1.82) is 0 Å². The van der Waals surface area contributed by atoms with Crippen molar-refractivity contribution in [2.75, 3.05) is 16.8 Å². The predicted molar refractivity (Wildman–Crippen MR) is 86.8 cm³/mol. The Balaban J connectivity index is 1.85. The molecule has 0 saturated carbocycles. The highest BCUT2D eigenvalue weighted by Gasteiger charge is 2.08. The minimum absolute atomic E-state index is 0.122. The predicted octanol–water partition coefficient (Wildman–Crippen LogP) is 3.59. The first-order valence-electron chi connectivity index (χ1n) is 6.53. The fraction of sp³-hybridized carbons (Fsp3) is 0.188. The van der Waals surface area contributed by atoms with Crippen molar-refractivity contribution in [3.05, 3.63) is 59.4 Å². The summed E-state index contributed by atoms with van der Waals surface area (Å²) in [5, 5.41) is 2.54. The van der Waals surface area contributed by atoms with Gasteiger partial charge in [0.15, 0.2) is 0 Å². The van der Waals surface area contributed by atoms with Crippen molar-refractivity contribution < 1.29 is 9.18 Å². The minimum Gasteiger partial charge on any atom is -0.399 e. The molecule has 2 aromatic carbocycles. The number of amides is 1. The van der Waals surface area contributed by atoms with E-state index in [4.69, 9.17) is 5.73 Å². The Morgan fingerprint density at radius 2 is 2.05 bits per heavy atom. The number of carbonyl (C=O) groups is 1. The second-order valence-corrected chi connectivity index (χ2v) is 5.69. The summed E-state index contributed by atoms with van der Waals surface area (Å²) in [5.74, 6) is 0.293. The van der Waals surface area contributed by atoms with Gasteiger partial charge in [-0.25, -0.2) is 4.39 Å². The topological polar surface area (TPSA) is 55.1 Å². The van der Waals surface area contributed by atoms with Gasteiger partial charge in [0.1, 0.15) is 5.82 Å². The summed E-state index contributed by atoms with van der Waals surface area (Å²) < 4.78 is 13.5. The molecule has 0 aliphatic rings. The van der Waals surface area contributed by atoms with Gasteiger partial charge >= 0.3 is 0 Å². The van der Waals surface area contributed by atoms with Crippen molar-refractivity contribution in [2.45, 2.75) is 12.7 Å². The summed E-state index contributed by atoms with van der Waals surface area (Å²) in [7, 11) is 0. The van der Waals surface area contributed by atoms with Gasteiger partial charge in [-0.3, -0.25) is 4.79 Å². The van der Waals surface area contributed by atoms with Crippen LogP contribution in [0.3, 0.4) is 0 Å². The molecular weight excluding hydrogens is 287 g/mol. The molecule has 0 saturated heterocycles. The van der Waals surface area contributed by atoms with Crippen molar-refractivity contribution in [3.63, 3.8) is 0 Å². The number of hydrogen-bond donors (Lipinski definition) is 2. The van der Waals surface area contributed by atoms with Crippen LogP contribution in [0.5, 0.6) is 0 Å².